The van der Waals surface area contributed by atoms with Crippen LogP contribution in [0.1, 0.15) is 18.4 Å². The van der Waals surface area contributed by atoms with Gasteiger partial charge >= 0.3 is 5.97 Å². The fourth-order valence-corrected chi connectivity index (χ4v) is 3.81. The molecule has 0 atom stereocenters. The minimum atomic E-state index is -0.741. The summed E-state index contributed by atoms with van der Waals surface area (Å²) in [7, 11) is 1.82. The summed E-state index contributed by atoms with van der Waals surface area (Å²) in [6.45, 7) is 0. The van der Waals surface area contributed by atoms with Gasteiger partial charge in [-0.3, -0.25) is 9.89 Å². The quantitative estimate of drug-likeness (QED) is 0.487. The lowest BCUT2D eigenvalue weighted by molar-refractivity contribution is -0.140. The smallest absolute Gasteiger partial charge is 0.314 e. The van der Waals surface area contributed by atoms with E-state index in [9.17, 15) is 9.90 Å². The molecule has 2 heterocycles. The number of hydrogen-bond donors (Lipinski definition) is 3. The maximum absolute atomic E-state index is 11.5. The topological polar surface area (TPSA) is 104 Å². The third-order valence-corrected chi connectivity index (χ3v) is 5.61. The van der Waals surface area contributed by atoms with Crippen LogP contribution in [-0.4, -0.2) is 33.5 Å². The molecule has 140 valence electrons. The van der Waals surface area contributed by atoms with E-state index in [4.69, 9.17) is 4.52 Å². The van der Waals surface area contributed by atoms with Gasteiger partial charge in [0, 0.05) is 18.0 Å². The maximum atomic E-state index is 11.5. The summed E-state index contributed by atoms with van der Waals surface area (Å²) in [5.74, 6) is -0.0926. The van der Waals surface area contributed by atoms with E-state index in [2.05, 4.69) is 20.7 Å². The van der Waals surface area contributed by atoms with Crippen molar-refractivity contribution in [3.05, 3.63) is 54.4 Å². The predicted octanol–water partition coefficient (Wildman–Crippen LogP) is 4.04. The van der Waals surface area contributed by atoms with Crippen molar-refractivity contribution in [2.45, 2.75) is 18.3 Å². The number of hydrogen-bond acceptors (Lipinski definition) is 5. The number of benzene rings is 2. The van der Waals surface area contributed by atoms with Crippen LogP contribution in [0.2, 0.25) is 0 Å². The van der Waals surface area contributed by atoms with Gasteiger partial charge in [0.05, 0.1) is 23.3 Å². The molecule has 0 amide bonds. The van der Waals surface area contributed by atoms with Crippen molar-refractivity contribution in [1.82, 2.24) is 15.4 Å². The molecular weight excluding hydrogens is 356 g/mol. The second-order valence-corrected chi connectivity index (χ2v) is 7.10. The van der Waals surface area contributed by atoms with E-state index in [0.29, 0.717) is 18.6 Å². The molecule has 7 heteroatoms. The van der Waals surface area contributed by atoms with Gasteiger partial charge in [-0.15, -0.1) is 0 Å². The largest absolute Gasteiger partial charge is 0.481 e. The fourth-order valence-electron chi connectivity index (χ4n) is 3.81. The highest BCUT2D eigenvalue weighted by Gasteiger charge is 2.51. The van der Waals surface area contributed by atoms with E-state index in [1.807, 2.05) is 43.4 Å². The molecule has 0 bridgehead atoms. The Bertz CT molecular complexity index is 1190. The second-order valence-electron chi connectivity index (χ2n) is 7.10. The molecule has 0 radical (unpaired) electrons. The SMILES string of the molecule is CNc1cnoc1-c1ccc(-c2ccc(C3(C(=O)O)CC3)cc2)c2cn[nH]c12. The average Bonchev–Trinajstić information content (AvgIpc) is 3.16. The first kappa shape index (κ1) is 16.6. The molecule has 28 heavy (non-hydrogen) atoms. The Morgan fingerprint density at radius 1 is 1.14 bits per heavy atom. The molecule has 1 saturated carbocycles. The Morgan fingerprint density at radius 2 is 1.89 bits per heavy atom. The van der Waals surface area contributed by atoms with Gasteiger partial charge in [0.1, 0.15) is 5.69 Å². The third kappa shape index (κ3) is 2.32. The molecule has 0 saturated heterocycles. The number of carbonyl (C=O) groups is 1. The molecule has 7 nitrogen and oxygen atoms in total. The number of rotatable bonds is 5. The number of H-pyrrole nitrogens is 1. The van der Waals surface area contributed by atoms with Crippen molar-refractivity contribution in [3.63, 3.8) is 0 Å². The summed E-state index contributed by atoms with van der Waals surface area (Å²) in [5, 5.41) is 24.7. The van der Waals surface area contributed by atoms with Crippen LogP contribution in [-0.2, 0) is 10.2 Å². The molecular formula is C21H18N4O3. The standard InChI is InChI=1S/C21H18N4O3/c1-22-17-11-24-28-19(17)15-7-6-14(16-10-23-25-18(15)16)12-2-4-13(5-3-12)21(8-9-21)20(26)27/h2-7,10-11,22H,8-9H2,1H3,(H,23,25)(H,26,27). The van der Waals surface area contributed by atoms with E-state index >= 15 is 0 Å². The number of fused-ring (bicyclic) bond motifs is 1. The van der Waals surface area contributed by atoms with Crippen LogP contribution in [0.3, 0.4) is 0 Å². The molecule has 3 N–H and O–H groups in total. The highest BCUT2D eigenvalue weighted by molar-refractivity contribution is 6.03. The highest BCUT2D eigenvalue weighted by Crippen LogP contribution is 2.48. The van der Waals surface area contributed by atoms with Crippen LogP contribution in [0.5, 0.6) is 0 Å². The van der Waals surface area contributed by atoms with Crippen molar-refractivity contribution < 1.29 is 14.4 Å². The van der Waals surface area contributed by atoms with Gasteiger partial charge in [0.25, 0.3) is 0 Å². The molecule has 5 rings (SSSR count). The van der Waals surface area contributed by atoms with Crippen LogP contribution >= 0.6 is 0 Å². The number of carboxylic acids is 1. The zero-order valence-corrected chi connectivity index (χ0v) is 15.2. The lowest BCUT2D eigenvalue weighted by atomic mass is 9.92. The van der Waals surface area contributed by atoms with Gasteiger partial charge in [-0.25, -0.2) is 0 Å². The van der Waals surface area contributed by atoms with Gasteiger partial charge in [0.2, 0.25) is 0 Å². The van der Waals surface area contributed by atoms with Crippen LogP contribution < -0.4 is 5.32 Å². The number of carboxylic acid groups (broad SMARTS) is 1. The average molecular weight is 374 g/mol. The zero-order valence-electron chi connectivity index (χ0n) is 15.2. The minimum absolute atomic E-state index is 0.649. The maximum Gasteiger partial charge on any atom is 0.314 e. The summed E-state index contributed by atoms with van der Waals surface area (Å²) < 4.78 is 5.43. The van der Waals surface area contributed by atoms with E-state index in [1.165, 1.54) is 0 Å². The Kier molecular flexibility index (Phi) is 3.52. The first-order chi connectivity index (χ1) is 13.6. The van der Waals surface area contributed by atoms with Crippen molar-refractivity contribution in [2.75, 3.05) is 12.4 Å². The van der Waals surface area contributed by atoms with E-state index in [1.54, 1.807) is 12.4 Å². The lowest BCUT2D eigenvalue weighted by Crippen LogP contribution is -2.19. The molecule has 0 spiro atoms. The summed E-state index contributed by atoms with van der Waals surface area (Å²) in [6.07, 6.45) is 4.83. The normalized spacial score (nSPS) is 14.9. The summed E-state index contributed by atoms with van der Waals surface area (Å²) in [5.41, 5.74) is 4.74. The number of nitrogens with zero attached hydrogens (tertiary/aromatic N) is 2. The van der Waals surface area contributed by atoms with E-state index < -0.39 is 11.4 Å². The van der Waals surface area contributed by atoms with Crippen LogP contribution in [0.25, 0.3) is 33.4 Å². The summed E-state index contributed by atoms with van der Waals surface area (Å²) in [4.78, 5) is 11.5. The Balaban J connectivity index is 1.59. The predicted molar refractivity (Wildman–Crippen MR) is 105 cm³/mol. The first-order valence-corrected chi connectivity index (χ1v) is 9.07. The number of anilines is 1. The fraction of sp³-hybridized carbons (Fsp3) is 0.190. The molecule has 1 aliphatic carbocycles. The van der Waals surface area contributed by atoms with E-state index in [-0.39, 0.29) is 0 Å². The molecule has 4 aromatic rings. The molecule has 1 fully saturated rings. The number of aromatic nitrogens is 3. The van der Waals surface area contributed by atoms with Gasteiger partial charge < -0.3 is 14.9 Å². The second kappa shape index (κ2) is 5.95. The number of aromatic amines is 1. The van der Waals surface area contributed by atoms with Crippen LogP contribution in [0, 0.1) is 0 Å². The Hall–Kier alpha value is -3.61. The summed E-state index contributed by atoms with van der Waals surface area (Å²) in [6, 6.07) is 11.8. The zero-order chi connectivity index (χ0) is 19.3. The number of nitrogens with one attached hydrogen (secondary N) is 2. The van der Waals surface area contributed by atoms with Crippen molar-refractivity contribution in [1.29, 1.82) is 0 Å². The van der Waals surface area contributed by atoms with E-state index in [0.717, 1.165) is 38.8 Å². The summed E-state index contributed by atoms with van der Waals surface area (Å²) >= 11 is 0. The third-order valence-electron chi connectivity index (χ3n) is 5.61. The van der Waals surface area contributed by atoms with Gasteiger partial charge in [0.15, 0.2) is 5.76 Å². The van der Waals surface area contributed by atoms with Crippen LogP contribution in [0.4, 0.5) is 5.69 Å². The number of aliphatic carboxylic acids is 1. The highest BCUT2D eigenvalue weighted by atomic mass is 16.5. The first-order valence-electron chi connectivity index (χ1n) is 9.07. The molecule has 2 aromatic carbocycles. The van der Waals surface area contributed by atoms with Crippen LogP contribution in [0.15, 0.2) is 53.3 Å². The Morgan fingerprint density at radius 3 is 2.57 bits per heavy atom. The van der Waals surface area contributed by atoms with Gasteiger partial charge in [-0.05, 0) is 35.6 Å². The van der Waals surface area contributed by atoms with Gasteiger partial charge in [-0.2, -0.15) is 5.10 Å². The van der Waals surface area contributed by atoms with Gasteiger partial charge in [-0.1, -0.05) is 35.5 Å². The van der Waals surface area contributed by atoms with Crippen molar-refractivity contribution >= 4 is 22.6 Å². The molecule has 0 unspecified atom stereocenters. The molecule has 0 aliphatic heterocycles. The monoisotopic (exact) mass is 374 g/mol. The minimum Gasteiger partial charge on any atom is -0.481 e. The Labute approximate surface area is 160 Å². The van der Waals surface area contributed by atoms with Crippen molar-refractivity contribution in [2.24, 2.45) is 0 Å². The molecule has 1 aliphatic rings. The molecule has 2 aromatic heterocycles. The van der Waals surface area contributed by atoms with Crippen molar-refractivity contribution in [3.8, 4) is 22.5 Å². The lowest BCUT2D eigenvalue weighted by Gasteiger charge is -2.12.